The predicted molar refractivity (Wildman–Crippen MR) is 92.3 cm³/mol. The molecule has 5 heteroatoms. The molecule has 2 aromatic carbocycles. The van der Waals surface area contributed by atoms with Crippen LogP contribution < -0.4 is 0 Å². The molecule has 0 saturated heterocycles. The fraction of sp³-hybridized carbons (Fsp3) is 0.211. The standard InChI is InChI=1S/C19H18N4O/c1-2-10-23(13-15-8-6-14(11-20)7-9-15)19(24)17-5-3-4-16-12-21-22-18(16)17/h3-9,12H,2,10,13H2,1H3,(H,21,22). The average Bonchev–Trinajstić information content (AvgIpc) is 3.10. The van der Waals surface area contributed by atoms with Crippen molar-refractivity contribution in [3.05, 3.63) is 65.4 Å². The molecule has 24 heavy (non-hydrogen) atoms. The number of hydrogen-bond donors (Lipinski definition) is 1. The second-order valence-electron chi connectivity index (χ2n) is 5.68. The molecule has 0 fully saturated rings. The first-order valence-electron chi connectivity index (χ1n) is 7.93. The SMILES string of the molecule is CCCN(Cc1ccc(C#N)cc1)C(=O)c1cccc2cn[nH]c12. The largest absolute Gasteiger partial charge is 0.334 e. The van der Waals surface area contributed by atoms with Crippen molar-refractivity contribution in [2.75, 3.05) is 6.54 Å². The van der Waals surface area contributed by atoms with Gasteiger partial charge in [0, 0.05) is 18.5 Å². The van der Waals surface area contributed by atoms with Crippen molar-refractivity contribution < 1.29 is 4.79 Å². The lowest BCUT2D eigenvalue weighted by Gasteiger charge is -2.22. The van der Waals surface area contributed by atoms with E-state index in [4.69, 9.17) is 5.26 Å². The molecule has 0 spiro atoms. The maximum atomic E-state index is 13.0. The highest BCUT2D eigenvalue weighted by Gasteiger charge is 2.18. The Hall–Kier alpha value is -3.13. The van der Waals surface area contributed by atoms with Gasteiger partial charge >= 0.3 is 0 Å². The highest BCUT2D eigenvalue weighted by molar-refractivity contribution is 6.05. The summed E-state index contributed by atoms with van der Waals surface area (Å²) in [4.78, 5) is 14.8. The van der Waals surface area contributed by atoms with Crippen LogP contribution in [-0.4, -0.2) is 27.5 Å². The van der Waals surface area contributed by atoms with Gasteiger partial charge in [-0.15, -0.1) is 0 Å². The van der Waals surface area contributed by atoms with Gasteiger partial charge in [-0.3, -0.25) is 9.89 Å². The zero-order valence-corrected chi connectivity index (χ0v) is 13.5. The molecule has 0 radical (unpaired) electrons. The van der Waals surface area contributed by atoms with Crippen LogP contribution >= 0.6 is 0 Å². The topological polar surface area (TPSA) is 72.8 Å². The van der Waals surface area contributed by atoms with Gasteiger partial charge in [0.25, 0.3) is 5.91 Å². The van der Waals surface area contributed by atoms with Crippen LogP contribution in [0.1, 0.15) is 34.8 Å². The van der Waals surface area contributed by atoms with Crippen LogP contribution in [-0.2, 0) is 6.54 Å². The van der Waals surface area contributed by atoms with Gasteiger partial charge in [-0.1, -0.05) is 31.2 Å². The maximum absolute atomic E-state index is 13.0. The molecule has 1 N–H and O–H groups in total. The maximum Gasteiger partial charge on any atom is 0.256 e. The first-order chi connectivity index (χ1) is 11.7. The second kappa shape index (κ2) is 6.97. The van der Waals surface area contributed by atoms with E-state index in [-0.39, 0.29) is 5.91 Å². The lowest BCUT2D eigenvalue weighted by molar-refractivity contribution is 0.0745. The Balaban J connectivity index is 1.88. The number of nitrogens with zero attached hydrogens (tertiary/aromatic N) is 3. The molecule has 1 heterocycles. The number of hydrogen-bond acceptors (Lipinski definition) is 3. The second-order valence-corrected chi connectivity index (χ2v) is 5.68. The molecule has 3 aromatic rings. The number of rotatable bonds is 5. The fourth-order valence-electron chi connectivity index (χ4n) is 2.74. The van der Waals surface area contributed by atoms with Gasteiger partial charge in [-0.05, 0) is 30.2 Å². The Bertz CT molecular complexity index is 890. The number of fused-ring (bicyclic) bond motifs is 1. The lowest BCUT2D eigenvalue weighted by Crippen LogP contribution is -2.31. The molecular formula is C19H18N4O. The van der Waals surface area contributed by atoms with Crippen molar-refractivity contribution in [2.45, 2.75) is 19.9 Å². The van der Waals surface area contributed by atoms with Gasteiger partial charge in [0.2, 0.25) is 0 Å². The normalized spacial score (nSPS) is 10.5. The van der Waals surface area contributed by atoms with Gasteiger partial charge in [0.05, 0.1) is 28.9 Å². The summed E-state index contributed by atoms with van der Waals surface area (Å²) in [5, 5.41) is 16.8. The molecule has 120 valence electrons. The van der Waals surface area contributed by atoms with Crippen LogP contribution in [0.2, 0.25) is 0 Å². The van der Waals surface area contributed by atoms with Crippen molar-refractivity contribution in [1.29, 1.82) is 5.26 Å². The van der Waals surface area contributed by atoms with Gasteiger partial charge in [0.15, 0.2) is 0 Å². The molecule has 0 unspecified atom stereocenters. The average molecular weight is 318 g/mol. The summed E-state index contributed by atoms with van der Waals surface area (Å²) in [5.41, 5.74) is 3.03. The Morgan fingerprint density at radius 2 is 2.04 bits per heavy atom. The molecule has 0 atom stereocenters. The Morgan fingerprint density at radius 3 is 2.75 bits per heavy atom. The van der Waals surface area contributed by atoms with Crippen LogP contribution in [0.15, 0.2) is 48.7 Å². The number of aromatic nitrogens is 2. The summed E-state index contributed by atoms with van der Waals surface area (Å²) in [6.07, 6.45) is 2.60. The van der Waals surface area contributed by atoms with E-state index < -0.39 is 0 Å². The van der Waals surface area contributed by atoms with Crippen LogP contribution in [0.3, 0.4) is 0 Å². The van der Waals surface area contributed by atoms with E-state index in [1.807, 2.05) is 35.2 Å². The third-order valence-electron chi connectivity index (χ3n) is 3.94. The van der Waals surface area contributed by atoms with E-state index in [2.05, 4.69) is 23.2 Å². The molecular weight excluding hydrogens is 300 g/mol. The third-order valence-corrected chi connectivity index (χ3v) is 3.94. The van der Waals surface area contributed by atoms with Gasteiger partial charge in [-0.2, -0.15) is 10.4 Å². The molecule has 0 bridgehead atoms. The number of nitrogens with one attached hydrogen (secondary N) is 1. The molecule has 1 amide bonds. The number of para-hydroxylation sites is 1. The number of amides is 1. The van der Waals surface area contributed by atoms with Crippen molar-refractivity contribution in [3.63, 3.8) is 0 Å². The van der Waals surface area contributed by atoms with Gasteiger partial charge in [0.1, 0.15) is 0 Å². The number of carbonyl (C=O) groups excluding carboxylic acids is 1. The van der Waals surface area contributed by atoms with Crippen molar-refractivity contribution in [2.24, 2.45) is 0 Å². The first-order valence-corrected chi connectivity index (χ1v) is 7.93. The summed E-state index contributed by atoms with van der Waals surface area (Å²) < 4.78 is 0. The summed E-state index contributed by atoms with van der Waals surface area (Å²) in [5.74, 6) is -0.0175. The van der Waals surface area contributed by atoms with Crippen molar-refractivity contribution >= 4 is 16.8 Å². The van der Waals surface area contributed by atoms with Crippen LogP contribution in [0.25, 0.3) is 10.9 Å². The van der Waals surface area contributed by atoms with Crippen LogP contribution in [0, 0.1) is 11.3 Å². The minimum atomic E-state index is -0.0175. The Morgan fingerprint density at radius 1 is 1.25 bits per heavy atom. The molecule has 3 rings (SSSR count). The number of benzene rings is 2. The van der Waals surface area contributed by atoms with Crippen LogP contribution in [0.5, 0.6) is 0 Å². The molecule has 0 saturated carbocycles. The smallest absolute Gasteiger partial charge is 0.256 e. The van der Waals surface area contributed by atoms with E-state index in [1.54, 1.807) is 18.3 Å². The highest BCUT2D eigenvalue weighted by atomic mass is 16.2. The van der Waals surface area contributed by atoms with E-state index in [0.29, 0.717) is 24.2 Å². The summed E-state index contributed by atoms with van der Waals surface area (Å²) in [6, 6.07) is 15.1. The van der Waals surface area contributed by atoms with E-state index in [9.17, 15) is 4.79 Å². The number of nitriles is 1. The fourth-order valence-corrected chi connectivity index (χ4v) is 2.74. The zero-order chi connectivity index (χ0) is 16.9. The molecule has 0 aliphatic rings. The quantitative estimate of drug-likeness (QED) is 0.782. The Kier molecular flexibility index (Phi) is 4.57. The lowest BCUT2D eigenvalue weighted by atomic mass is 10.1. The minimum absolute atomic E-state index is 0.0175. The monoisotopic (exact) mass is 318 g/mol. The van der Waals surface area contributed by atoms with Crippen molar-refractivity contribution in [1.82, 2.24) is 15.1 Å². The summed E-state index contributed by atoms with van der Waals surface area (Å²) in [6.45, 7) is 3.24. The van der Waals surface area contributed by atoms with E-state index >= 15 is 0 Å². The zero-order valence-electron chi connectivity index (χ0n) is 13.5. The van der Waals surface area contributed by atoms with Gasteiger partial charge < -0.3 is 4.90 Å². The first kappa shape index (κ1) is 15.8. The molecule has 0 aliphatic heterocycles. The third kappa shape index (κ3) is 3.13. The van der Waals surface area contributed by atoms with Crippen molar-refractivity contribution in [3.8, 4) is 6.07 Å². The highest BCUT2D eigenvalue weighted by Crippen LogP contribution is 2.19. The molecule has 5 nitrogen and oxygen atoms in total. The minimum Gasteiger partial charge on any atom is -0.334 e. The van der Waals surface area contributed by atoms with Crippen LogP contribution in [0.4, 0.5) is 0 Å². The number of aromatic amines is 1. The number of carbonyl (C=O) groups is 1. The molecule has 1 aromatic heterocycles. The summed E-state index contributed by atoms with van der Waals surface area (Å²) >= 11 is 0. The predicted octanol–water partition coefficient (Wildman–Crippen LogP) is 3.49. The summed E-state index contributed by atoms with van der Waals surface area (Å²) in [7, 11) is 0. The van der Waals surface area contributed by atoms with E-state index in [1.165, 1.54) is 0 Å². The van der Waals surface area contributed by atoms with Gasteiger partial charge in [-0.25, -0.2) is 0 Å². The Labute approximate surface area is 140 Å². The molecule has 0 aliphatic carbocycles. The van der Waals surface area contributed by atoms with E-state index in [0.717, 1.165) is 22.9 Å². The number of H-pyrrole nitrogens is 1.